The first-order valence-corrected chi connectivity index (χ1v) is 29.3. The summed E-state index contributed by atoms with van der Waals surface area (Å²) in [6.07, 6.45) is 5.48. The number of benzene rings is 2. The van der Waals surface area contributed by atoms with E-state index >= 15 is 4.39 Å². The molecule has 0 unspecified atom stereocenters. The molecule has 5 amide bonds. The number of ketones is 2. The zero-order chi connectivity index (χ0) is 58.7. The quantitative estimate of drug-likeness (QED) is 0.0364. The third-order valence-electron chi connectivity index (χ3n) is 15.8. The van der Waals surface area contributed by atoms with E-state index in [4.69, 9.17) is 19.2 Å². The van der Waals surface area contributed by atoms with Crippen molar-refractivity contribution in [2.45, 2.75) is 130 Å². The van der Waals surface area contributed by atoms with Crippen LogP contribution in [0.1, 0.15) is 123 Å². The number of unbranched alkanes of at least 4 members (excludes halogenated alkanes) is 2. The number of halogens is 1. The normalized spacial score (nSPS) is 17.8. The van der Waals surface area contributed by atoms with Crippen molar-refractivity contribution in [3.05, 3.63) is 122 Å². The number of carbonyl (C=O) groups is 7. The molecule has 1 aliphatic carbocycles. The summed E-state index contributed by atoms with van der Waals surface area (Å²) in [5.41, 5.74) is 3.50. The molecular weight excluding hydrogens is 1070 g/mol. The van der Waals surface area contributed by atoms with Gasteiger partial charge in [0.2, 0.25) is 11.8 Å². The Morgan fingerprint density at radius 1 is 1.00 bits per heavy atom. The second kappa shape index (κ2) is 24.7. The van der Waals surface area contributed by atoms with E-state index in [0.29, 0.717) is 87.8 Å². The van der Waals surface area contributed by atoms with Crippen LogP contribution in [0.25, 0.3) is 22.3 Å². The zero-order valence-electron chi connectivity index (χ0n) is 46.5. The third-order valence-corrected chi connectivity index (χ3v) is 16.7. The highest BCUT2D eigenvalue weighted by Crippen LogP contribution is 2.47. The van der Waals surface area contributed by atoms with Gasteiger partial charge >= 0.3 is 6.09 Å². The summed E-state index contributed by atoms with van der Waals surface area (Å²) in [4.78, 5) is 111. The Balaban J connectivity index is 0.843. The fourth-order valence-electron chi connectivity index (χ4n) is 10.9. The fourth-order valence-corrected chi connectivity index (χ4v) is 11.5. The molecule has 3 N–H and O–H groups in total. The highest BCUT2D eigenvalue weighted by molar-refractivity contribution is 7.90. The summed E-state index contributed by atoms with van der Waals surface area (Å²) in [5.74, 6) is -3.62. The van der Waals surface area contributed by atoms with E-state index in [1.54, 1.807) is 55.7 Å². The van der Waals surface area contributed by atoms with Crippen molar-refractivity contribution in [2.24, 2.45) is 11.8 Å². The SMILES string of the molecule is C=C1OCc2c(cc3n(c2=O)Cc2c-3nc3cc(F)c(C)c4c3c2[C@@H](NC(=O)COCN(CCS(C)(=O)=O)C(=O)OCc2ccc(CC(=O)[C@H](C)NC(=O)[C@@H](CC(=O)CCCCCN3C(=O)C=CC3=O)C(C)C)cc2)CC4)[C@@]1(O)CC. The fraction of sp³-hybridized carbons (Fsp3) is 0.475. The monoisotopic (exact) mass is 1140 g/mol. The highest BCUT2D eigenvalue weighted by atomic mass is 32.2. The van der Waals surface area contributed by atoms with E-state index in [0.717, 1.165) is 21.6 Å². The van der Waals surface area contributed by atoms with Crippen LogP contribution in [-0.2, 0) is 91.0 Å². The lowest BCUT2D eigenvalue weighted by Gasteiger charge is -2.35. The van der Waals surface area contributed by atoms with E-state index < -0.39 is 76.3 Å². The van der Waals surface area contributed by atoms with Crippen molar-refractivity contribution >= 4 is 62.0 Å². The van der Waals surface area contributed by atoms with Crippen molar-refractivity contribution in [1.29, 1.82) is 0 Å². The van der Waals surface area contributed by atoms with E-state index in [9.17, 15) is 51.9 Å². The van der Waals surface area contributed by atoms with Gasteiger partial charge in [0.15, 0.2) is 5.78 Å². The Hall–Kier alpha value is -7.43. The molecule has 4 atom stereocenters. The van der Waals surface area contributed by atoms with Gasteiger partial charge in [-0.25, -0.2) is 22.6 Å². The lowest BCUT2D eigenvalue weighted by molar-refractivity contribution is -0.137. The van der Waals surface area contributed by atoms with Crippen molar-refractivity contribution in [1.82, 2.24) is 30.0 Å². The standard InChI is InChI=1S/C59H69FN6O14S/c1-8-59(75)36(6)79-30-43-44(59)26-48-55-42(28-66(48)57(43)73)54-46(18-17-40-34(4)45(60)27-47(63-55)53(40)54)62-50(69)31-78-32-64(22-23-81(7,76)77)58(74)80-29-38-15-13-37(14-16-38)24-49(68)35(5)61-56(72)41(33(2)3)25-39(67)12-10-9-11-21-65-51(70)19-20-52(65)71/h13-16,19-20,26-27,33,35,41,46,75H,6,8-12,17-18,21-25,28-32H2,1-5,7H3,(H,61,72)(H,62,69)/t35-,41-,46-,59+/m0/s1. The highest BCUT2D eigenvalue weighted by Gasteiger charge is 2.43. The molecule has 0 bridgehead atoms. The number of Topliss-reactive ketones (excluding diaryl/α,β-unsaturated/α-hetero) is 2. The Morgan fingerprint density at radius 3 is 2.38 bits per heavy atom. The third kappa shape index (κ3) is 13.2. The van der Waals surface area contributed by atoms with Crippen LogP contribution < -0.4 is 16.2 Å². The predicted molar refractivity (Wildman–Crippen MR) is 295 cm³/mol. The number of hydrogen-bond donors (Lipinski definition) is 3. The number of nitrogens with one attached hydrogen (secondary N) is 2. The zero-order valence-corrected chi connectivity index (χ0v) is 47.3. The second-order valence-corrected chi connectivity index (χ2v) is 24.0. The minimum atomic E-state index is -3.56. The van der Waals surface area contributed by atoms with Crippen LogP contribution in [0.2, 0.25) is 0 Å². The van der Waals surface area contributed by atoms with Crippen LogP contribution in [0, 0.1) is 24.6 Å². The topological polar surface area (TPSA) is 267 Å². The van der Waals surface area contributed by atoms with Crippen molar-refractivity contribution in [2.75, 3.05) is 38.4 Å². The Morgan fingerprint density at radius 2 is 1.70 bits per heavy atom. The van der Waals surface area contributed by atoms with Gasteiger partial charge in [0.1, 0.15) is 59.3 Å². The first-order valence-electron chi connectivity index (χ1n) is 27.3. The molecule has 0 saturated carbocycles. The van der Waals surface area contributed by atoms with Crippen LogP contribution in [0.5, 0.6) is 0 Å². The van der Waals surface area contributed by atoms with Gasteiger partial charge in [0.25, 0.3) is 17.4 Å². The van der Waals surface area contributed by atoms with Gasteiger partial charge in [-0.2, -0.15) is 0 Å². The number of fused-ring (bicyclic) bond motifs is 5. The smallest absolute Gasteiger partial charge is 0.411 e. The average molecular weight is 1140 g/mol. The summed E-state index contributed by atoms with van der Waals surface area (Å²) < 4.78 is 58.4. The maximum absolute atomic E-state index is 15.5. The van der Waals surface area contributed by atoms with Crippen LogP contribution in [0.4, 0.5) is 9.18 Å². The maximum Gasteiger partial charge on any atom is 0.411 e. The number of imide groups is 1. The molecule has 22 heteroatoms. The molecule has 0 fully saturated rings. The van der Waals surface area contributed by atoms with Crippen LogP contribution in [0.3, 0.4) is 0 Å². The number of ether oxygens (including phenoxy) is 3. The Kier molecular flexibility index (Phi) is 18.2. The van der Waals surface area contributed by atoms with Crippen LogP contribution >= 0.6 is 0 Å². The number of amides is 5. The molecule has 0 radical (unpaired) electrons. The first-order chi connectivity index (χ1) is 38.4. The molecule has 0 saturated heterocycles. The molecule has 2 aromatic carbocycles. The minimum absolute atomic E-state index is 0.0100. The average Bonchev–Trinajstić information content (AvgIpc) is 4.11. The number of sulfone groups is 1. The summed E-state index contributed by atoms with van der Waals surface area (Å²) in [6, 6.07) is 8.21. The lowest BCUT2D eigenvalue weighted by Crippen LogP contribution is -2.44. The minimum Gasteiger partial charge on any atom is -0.490 e. The van der Waals surface area contributed by atoms with Crippen molar-refractivity contribution < 1.29 is 65.7 Å². The number of aromatic nitrogens is 2. The van der Waals surface area contributed by atoms with E-state index in [1.807, 2.05) is 13.8 Å². The maximum atomic E-state index is 15.5. The summed E-state index contributed by atoms with van der Waals surface area (Å²) in [5, 5.41) is 18.1. The summed E-state index contributed by atoms with van der Waals surface area (Å²) in [6.45, 7) is 11.3. The molecule has 2 aromatic heterocycles. The molecule has 3 aliphatic heterocycles. The number of hydrogen-bond acceptors (Lipinski definition) is 15. The van der Waals surface area contributed by atoms with Crippen LogP contribution in [-0.4, -0.2) is 119 Å². The lowest BCUT2D eigenvalue weighted by atomic mass is 9.81. The van der Waals surface area contributed by atoms with Gasteiger partial charge in [-0.3, -0.25) is 43.4 Å². The molecule has 20 nitrogen and oxygen atoms in total. The number of nitrogens with zero attached hydrogens (tertiary/aromatic N) is 4. The molecule has 4 aromatic rings. The van der Waals surface area contributed by atoms with E-state index in [1.165, 1.54) is 18.2 Å². The van der Waals surface area contributed by atoms with Gasteiger partial charge in [-0.1, -0.05) is 58.0 Å². The second-order valence-electron chi connectivity index (χ2n) is 21.8. The molecule has 432 valence electrons. The Bertz CT molecular complexity index is 3410. The first kappa shape index (κ1) is 59.7. The Labute approximate surface area is 469 Å². The van der Waals surface area contributed by atoms with Crippen molar-refractivity contribution in [3.63, 3.8) is 0 Å². The number of aryl methyl sites for hydroxylation is 1. The molecule has 8 rings (SSSR count). The molecule has 5 heterocycles. The largest absolute Gasteiger partial charge is 0.490 e. The molecular formula is C59H69FN6O14S. The van der Waals surface area contributed by atoms with Crippen LogP contribution in [0.15, 0.2) is 65.7 Å². The van der Waals surface area contributed by atoms with Gasteiger partial charge < -0.3 is 34.5 Å². The van der Waals surface area contributed by atoms with E-state index in [-0.39, 0.29) is 105 Å². The van der Waals surface area contributed by atoms with Gasteiger partial charge in [-0.15, -0.1) is 0 Å². The number of carbonyl (C=O) groups excluding carboxylic acids is 7. The van der Waals surface area contributed by atoms with Crippen molar-refractivity contribution in [3.8, 4) is 11.4 Å². The molecule has 4 aliphatic rings. The number of pyridine rings is 2. The van der Waals surface area contributed by atoms with Gasteiger partial charge in [-0.05, 0) is 85.8 Å². The predicted octanol–water partition coefficient (Wildman–Crippen LogP) is 5.61. The number of aliphatic hydroxyl groups is 1. The van der Waals surface area contributed by atoms with E-state index in [2.05, 4.69) is 17.2 Å². The summed E-state index contributed by atoms with van der Waals surface area (Å²) >= 11 is 0. The summed E-state index contributed by atoms with van der Waals surface area (Å²) in [7, 11) is -3.56. The molecule has 81 heavy (non-hydrogen) atoms. The molecule has 0 spiro atoms. The number of rotatable bonds is 25. The van der Waals surface area contributed by atoms with Gasteiger partial charge in [0, 0.05) is 79.3 Å². The van der Waals surface area contributed by atoms with Gasteiger partial charge in [0.05, 0.1) is 46.8 Å².